The number of carbonyl (C=O) groups excluding carboxylic acids is 1. The zero-order valence-corrected chi connectivity index (χ0v) is 23.3. The van der Waals surface area contributed by atoms with Gasteiger partial charge < -0.3 is 41.3 Å². The van der Waals surface area contributed by atoms with Crippen molar-refractivity contribution in [2.45, 2.75) is 32.4 Å². The Morgan fingerprint density at radius 2 is 1.84 bits per heavy atom. The molecule has 43 heavy (non-hydrogen) atoms. The summed E-state index contributed by atoms with van der Waals surface area (Å²) >= 11 is 0. The van der Waals surface area contributed by atoms with Crippen LogP contribution in [0.3, 0.4) is 0 Å². The highest BCUT2D eigenvalue weighted by atomic mass is 19.1. The molecule has 15 heteroatoms. The number of pyridine rings is 1. The number of nitrogens with one attached hydrogen (secondary N) is 1. The zero-order chi connectivity index (χ0) is 31.3. The van der Waals surface area contributed by atoms with Gasteiger partial charge in [-0.2, -0.15) is 13.8 Å². The van der Waals surface area contributed by atoms with E-state index in [0.29, 0.717) is 6.54 Å². The molecule has 2 unspecified atom stereocenters. The summed E-state index contributed by atoms with van der Waals surface area (Å²) < 4.78 is 53.7. The van der Waals surface area contributed by atoms with E-state index in [9.17, 15) is 9.90 Å². The molecule has 1 aromatic heterocycles. The largest absolute Gasteiger partial charge is 0.504 e. The van der Waals surface area contributed by atoms with E-state index in [1.54, 1.807) is 17.9 Å². The standard InChI is InChI=1S/C28H31F2N7O6/c1-3-37-13-17(12-18(37)27(39)40-4-2)41-23-21(29)25(42-16-7-5-6-15(11-16)35-28(33)34)36-26(22(23)30)43-20-10-14(24(31)32)8-9-19(20)38/h5-11,17-18,38H,3-4,12-13H2,1-2H3,(H3,31,32)(H4,33,34,35). The van der Waals surface area contributed by atoms with Crippen molar-refractivity contribution < 1.29 is 37.6 Å². The first kappa shape index (κ1) is 30.8. The molecule has 0 saturated carbocycles. The molecular formula is C28H31F2N7O6. The molecule has 0 spiro atoms. The number of hydrogen-bond donors (Lipinski definition) is 5. The fourth-order valence-electron chi connectivity index (χ4n) is 4.41. The highest BCUT2D eigenvalue weighted by Gasteiger charge is 2.39. The number of phenols is 1. The van der Waals surface area contributed by atoms with Crippen molar-refractivity contribution in [3.05, 3.63) is 59.7 Å². The van der Waals surface area contributed by atoms with Gasteiger partial charge in [-0.05, 0) is 43.8 Å². The van der Waals surface area contributed by atoms with E-state index in [2.05, 4.69) is 9.98 Å². The van der Waals surface area contributed by atoms with Crippen LogP contribution in [0.1, 0.15) is 25.8 Å². The molecule has 1 aliphatic heterocycles. The Morgan fingerprint density at radius 1 is 1.12 bits per heavy atom. The summed E-state index contributed by atoms with van der Waals surface area (Å²) in [5, 5.41) is 17.9. The first-order valence-corrected chi connectivity index (χ1v) is 13.2. The number of esters is 1. The number of aliphatic imine (C=N–C) groups is 1. The number of aromatic hydroxyl groups is 1. The van der Waals surface area contributed by atoms with Gasteiger partial charge in [-0.25, -0.2) is 4.99 Å². The SMILES string of the molecule is CCOC(=O)C1CC(Oc2c(F)c(Oc3cccc(N=C(N)N)c3)nc(Oc3cc(C(=N)N)ccc3O)c2F)CN1CC. The number of nitrogen functional groups attached to an aromatic ring is 1. The van der Waals surface area contributed by atoms with Gasteiger partial charge >= 0.3 is 5.97 Å². The van der Waals surface area contributed by atoms with Crippen LogP contribution in [0.4, 0.5) is 14.5 Å². The average Bonchev–Trinajstić information content (AvgIpc) is 3.38. The van der Waals surface area contributed by atoms with Crippen LogP contribution in [0.2, 0.25) is 0 Å². The average molecular weight is 600 g/mol. The van der Waals surface area contributed by atoms with Crippen LogP contribution in [-0.4, -0.2) is 64.6 Å². The molecule has 3 aromatic rings. The summed E-state index contributed by atoms with van der Waals surface area (Å²) in [6.07, 6.45) is -0.719. The number of halogens is 2. The molecule has 0 bridgehead atoms. The van der Waals surface area contributed by atoms with Crippen LogP contribution in [0, 0.1) is 17.0 Å². The lowest BCUT2D eigenvalue weighted by molar-refractivity contribution is -0.148. The summed E-state index contributed by atoms with van der Waals surface area (Å²) in [6.45, 7) is 4.33. The van der Waals surface area contributed by atoms with Gasteiger partial charge in [-0.1, -0.05) is 13.0 Å². The monoisotopic (exact) mass is 599 g/mol. The second-order valence-electron chi connectivity index (χ2n) is 9.34. The molecule has 1 fully saturated rings. The van der Waals surface area contributed by atoms with E-state index in [4.69, 9.17) is 41.6 Å². The number of hydrogen-bond acceptors (Lipinski definition) is 10. The summed E-state index contributed by atoms with van der Waals surface area (Å²) in [6, 6.07) is 8.99. The number of benzene rings is 2. The van der Waals surface area contributed by atoms with Crippen molar-refractivity contribution in [1.29, 1.82) is 5.41 Å². The van der Waals surface area contributed by atoms with Crippen molar-refractivity contribution in [1.82, 2.24) is 9.88 Å². The third-order valence-corrected chi connectivity index (χ3v) is 6.36. The molecule has 8 N–H and O–H groups in total. The minimum absolute atomic E-state index is 0.0410. The highest BCUT2D eigenvalue weighted by molar-refractivity contribution is 5.95. The molecule has 13 nitrogen and oxygen atoms in total. The Hall–Kier alpha value is -5.18. The number of ether oxygens (including phenoxy) is 4. The molecular weight excluding hydrogens is 568 g/mol. The van der Waals surface area contributed by atoms with Crippen LogP contribution < -0.4 is 31.4 Å². The van der Waals surface area contributed by atoms with Crippen molar-refractivity contribution in [3.63, 3.8) is 0 Å². The van der Waals surface area contributed by atoms with Crippen molar-refractivity contribution in [2.75, 3.05) is 19.7 Å². The van der Waals surface area contributed by atoms with Crippen molar-refractivity contribution in [2.24, 2.45) is 22.2 Å². The lowest BCUT2D eigenvalue weighted by Gasteiger charge is -2.20. The minimum atomic E-state index is -1.34. The number of likely N-dealkylation sites (tertiary alicyclic amines) is 1. The van der Waals surface area contributed by atoms with Crippen LogP contribution in [0.5, 0.6) is 34.8 Å². The number of likely N-dealkylation sites (N-methyl/N-ethyl adjacent to an activating group) is 1. The number of carbonyl (C=O) groups is 1. The highest BCUT2D eigenvalue weighted by Crippen LogP contribution is 2.41. The molecule has 4 rings (SSSR count). The predicted molar refractivity (Wildman–Crippen MR) is 152 cm³/mol. The Balaban J connectivity index is 1.75. The topological polar surface area (TPSA) is 205 Å². The fraction of sp³-hybridized carbons (Fsp3) is 0.286. The van der Waals surface area contributed by atoms with Crippen LogP contribution in [-0.2, 0) is 9.53 Å². The normalized spacial score (nSPS) is 16.4. The van der Waals surface area contributed by atoms with Gasteiger partial charge in [-0.15, -0.1) is 0 Å². The number of guanidine groups is 1. The molecule has 0 radical (unpaired) electrons. The van der Waals surface area contributed by atoms with Gasteiger partial charge in [0.25, 0.3) is 11.8 Å². The minimum Gasteiger partial charge on any atom is -0.504 e. The van der Waals surface area contributed by atoms with Crippen LogP contribution in [0.15, 0.2) is 47.5 Å². The number of nitrogens with zero attached hydrogens (tertiary/aromatic N) is 3. The molecule has 1 aliphatic rings. The first-order valence-electron chi connectivity index (χ1n) is 13.2. The Kier molecular flexibility index (Phi) is 9.45. The number of aromatic nitrogens is 1. The maximum atomic E-state index is 15.8. The van der Waals surface area contributed by atoms with Gasteiger partial charge in [0.2, 0.25) is 17.4 Å². The quantitative estimate of drug-likeness (QED) is 0.123. The van der Waals surface area contributed by atoms with E-state index in [-0.39, 0.29) is 54.1 Å². The summed E-state index contributed by atoms with van der Waals surface area (Å²) in [4.78, 5) is 22.0. The maximum absolute atomic E-state index is 15.8. The lowest BCUT2D eigenvalue weighted by Crippen LogP contribution is -2.37. The second-order valence-corrected chi connectivity index (χ2v) is 9.34. The molecule has 2 atom stereocenters. The Morgan fingerprint density at radius 3 is 2.49 bits per heavy atom. The van der Waals surface area contributed by atoms with Crippen LogP contribution >= 0.6 is 0 Å². The zero-order valence-electron chi connectivity index (χ0n) is 23.3. The molecule has 0 aliphatic carbocycles. The number of amidine groups is 1. The predicted octanol–water partition coefficient (Wildman–Crippen LogP) is 3.24. The molecule has 1 saturated heterocycles. The summed E-state index contributed by atoms with van der Waals surface area (Å²) in [5.41, 5.74) is 16.8. The number of phenolic OH excluding ortho intramolecular Hbond substituents is 1. The third-order valence-electron chi connectivity index (χ3n) is 6.36. The molecule has 0 amide bonds. The van der Waals surface area contributed by atoms with E-state index in [1.807, 2.05) is 6.92 Å². The molecule has 2 heterocycles. The van der Waals surface area contributed by atoms with E-state index >= 15 is 8.78 Å². The summed E-state index contributed by atoms with van der Waals surface area (Å²) in [7, 11) is 0. The maximum Gasteiger partial charge on any atom is 0.323 e. The lowest BCUT2D eigenvalue weighted by atomic mass is 10.2. The van der Waals surface area contributed by atoms with Gasteiger partial charge in [0.15, 0.2) is 17.5 Å². The second kappa shape index (κ2) is 13.2. The van der Waals surface area contributed by atoms with Crippen molar-refractivity contribution >= 4 is 23.5 Å². The number of nitrogens with two attached hydrogens (primary N) is 3. The van der Waals surface area contributed by atoms with Gasteiger partial charge in [0, 0.05) is 24.6 Å². The molecule has 2 aromatic carbocycles. The molecule has 228 valence electrons. The Bertz CT molecular complexity index is 1550. The Labute approximate surface area is 245 Å². The van der Waals surface area contributed by atoms with Gasteiger partial charge in [-0.3, -0.25) is 15.1 Å². The van der Waals surface area contributed by atoms with E-state index < -0.39 is 53.0 Å². The van der Waals surface area contributed by atoms with Gasteiger partial charge in [0.1, 0.15) is 23.7 Å². The third kappa shape index (κ3) is 7.19. The van der Waals surface area contributed by atoms with Crippen LogP contribution in [0.25, 0.3) is 0 Å². The van der Waals surface area contributed by atoms with E-state index in [1.165, 1.54) is 36.4 Å². The number of rotatable bonds is 11. The first-order chi connectivity index (χ1) is 20.5. The smallest absolute Gasteiger partial charge is 0.323 e. The van der Waals surface area contributed by atoms with E-state index in [0.717, 1.165) is 0 Å². The van der Waals surface area contributed by atoms with Gasteiger partial charge in [0.05, 0.1) is 12.3 Å². The summed E-state index contributed by atoms with van der Waals surface area (Å²) in [5.74, 6) is -6.80. The van der Waals surface area contributed by atoms with Crippen molar-refractivity contribution in [3.8, 4) is 34.8 Å². The fourth-order valence-corrected chi connectivity index (χ4v) is 4.41.